The van der Waals surface area contributed by atoms with Gasteiger partial charge in [0, 0.05) is 28.5 Å². The van der Waals surface area contributed by atoms with Gasteiger partial charge in [-0.25, -0.2) is 12.8 Å². The van der Waals surface area contributed by atoms with Gasteiger partial charge in [-0.2, -0.15) is 5.10 Å². The predicted molar refractivity (Wildman–Crippen MR) is 122 cm³/mol. The molecule has 0 bridgehead atoms. The molecule has 4 aromatic rings. The molecule has 9 heteroatoms. The van der Waals surface area contributed by atoms with Crippen molar-refractivity contribution in [2.45, 2.75) is 17.9 Å². The van der Waals surface area contributed by atoms with Crippen molar-refractivity contribution < 1.29 is 17.6 Å². The summed E-state index contributed by atoms with van der Waals surface area (Å²) in [5.74, 6) is -0.668. The molecule has 0 fully saturated rings. The van der Waals surface area contributed by atoms with Gasteiger partial charge in [-0.15, -0.1) is 0 Å². The number of aromatic nitrogens is 2. The summed E-state index contributed by atoms with van der Waals surface area (Å²) in [5, 5.41) is 8.12. The molecule has 0 unspecified atom stereocenters. The van der Waals surface area contributed by atoms with Crippen molar-refractivity contribution in [3.05, 3.63) is 88.8 Å². The number of hydrogen-bond donors (Lipinski definition) is 1. The normalized spacial score (nSPS) is 11.6. The molecule has 0 saturated heterocycles. The second kappa shape index (κ2) is 8.72. The number of benzene rings is 3. The molecule has 1 amide bonds. The van der Waals surface area contributed by atoms with Crippen molar-refractivity contribution in [3.8, 4) is 0 Å². The number of carbonyl (C=O) groups is 1. The average Bonchev–Trinajstić information content (AvgIpc) is 3.12. The lowest BCUT2D eigenvalue weighted by Crippen LogP contribution is -2.15. The third kappa shape index (κ3) is 4.98. The summed E-state index contributed by atoms with van der Waals surface area (Å²) in [7, 11) is -3.59. The Labute approximate surface area is 189 Å². The molecule has 0 saturated carbocycles. The Morgan fingerprint density at radius 3 is 2.53 bits per heavy atom. The van der Waals surface area contributed by atoms with Gasteiger partial charge in [-0.05, 0) is 41.5 Å². The van der Waals surface area contributed by atoms with Gasteiger partial charge in [0.1, 0.15) is 5.82 Å². The molecular formula is C23H19ClFN3O3S. The van der Waals surface area contributed by atoms with Crippen LogP contribution in [-0.4, -0.2) is 30.4 Å². The van der Waals surface area contributed by atoms with E-state index in [4.69, 9.17) is 11.6 Å². The van der Waals surface area contributed by atoms with Gasteiger partial charge in [-0.3, -0.25) is 9.48 Å². The Bertz CT molecular complexity index is 1420. The number of halogens is 2. The third-order valence-corrected chi connectivity index (χ3v) is 6.39. The highest BCUT2D eigenvalue weighted by molar-refractivity contribution is 7.91. The van der Waals surface area contributed by atoms with E-state index >= 15 is 0 Å². The largest absolute Gasteiger partial charge is 0.326 e. The van der Waals surface area contributed by atoms with Crippen LogP contribution in [0.2, 0.25) is 5.02 Å². The minimum atomic E-state index is -3.59. The van der Waals surface area contributed by atoms with Crippen molar-refractivity contribution in [3.63, 3.8) is 0 Å². The lowest BCUT2D eigenvalue weighted by Gasteiger charge is -2.09. The van der Waals surface area contributed by atoms with Gasteiger partial charge in [0.15, 0.2) is 9.84 Å². The molecule has 6 nitrogen and oxygen atoms in total. The number of nitrogens with zero attached hydrogens (tertiary/aromatic N) is 2. The molecule has 164 valence electrons. The Balaban J connectivity index is 1.65. The van der Waals surface area contributed by atoms with E-state index in [1.54, 1.807) is 53.3 Å². The van der Waals surface area contributed by atoms with E-state index < -0.39 is 9.84 Å². The van der Waals surface area contributed by atoms with E-state index in [2.05, 4.69) is 10.4 Å². The van der Waals surface area contributed by atoms with Crippen LogP contribution in [0, 0.1) is 5.82 Å². The van der Waals surface area contributed by atoms with Gasteiger partial charge in [0.25, 0.3) is 0 Å². The van der Waals surface area contributed by atoms with Crippen LogP contribution >= 0.6 is 11.6 Å². The van der Waals surface area contributed by atoms with Gasteiger partial charge in [0.2, 0.25) is 5.91 Å². The number of fused-ring (bicyclic) bond motifs is 1. The lowest BCUT2D eigenvalue weighted by atomic mass is 10.1. The van der Waals surface area contributed by atoms with Crippen LogP contribution in [0.4, 0.5) is 10.1 Å². The molecule has 0 atom stereocenters. The van der Waals surface area contributed by atoms with Gasteiger partial charge < -0.3 is 5.32 Å². The quantitative estimate of drug-likeness (QED) is 0.450. The van der Waals surface area contributed by atoms with Gasteiger partial charge in [-0.1, -0.05) is 41.9 Å². The Kier molecular flexibility index (Phi) is 5.99. The molecule has 0 aliphatic heterocycles. The first-order chi connectivity index (χ1) is 15.2. The van der Waals surface area contributed by atoms with Crippen LogP contribution in [0.5, 0.6) is 0 Å². The summed E-state index contributed by atoms with van der Waals surface area (Å²) in [6, 6.07) is 16.0. The standard InChI is InChI=1S/C23H19ClFN3O3S/c1-32(30,31)22-12-18(26-23(29)10-16-4-2-3-5-20(16)24)11-21-19(22)14-28(27-21)13-15-6-8-17(25)9-7-15/h2-9,11-12,14H,10,13H2,1H3,(H,26,29). The number of rotatable bonds is 6. The Hall–Kier alpha value is -3.23. The maximum atomic E-state index is 13.2. The molecule has 0 spiro atoms. The SMILES string of the molecule is CS(=O)(=O)c1cc(NC(=O)Cc2ccccc2Cl)cc2nn(Cc3ccc(F)cc3)cc12. The molecule has 0 aliphatic carbocycles. The highest BCUT2D eigenvalue weighted by atomic mass is 35.5. The number of carbonyl (C=O) groups excluding carboxylic acids is 1. The first kappa shape index (κ1) is 22.0. The number of amides is 1. The summed E-state index contributed by atoms with van der Waals surface area (Å²) < 4.78 is 39.6. The van der Waals surface area contributed by atoms with Crippen molar-refractivity contribution >= 4 is 43.9 Å². The molecule has 1 N–H and O–H groups in total. The number of sulfone groups is 1. The van der Waals surface area contributed by atoms with Crippen molar-refractivity contribution in [1.29, 1.82) is 0 Å². The van der Waals surface area contributed by atoms with Crippen molar-refractivity contribution in [1.82, 2.24) is 9.78 Å². The van der Waals surface area contributed by atoms with Crippen molar-refractivity contribution in [2.75, 3.05) is 11.6 Å². The Morgan fingerprint density at radius 2 is 1.84 bits per heavy atom. The van der Waals surface area contributed by atoms with Crippen LogP contribution in [0.3, 0.4) is 0 Å². The smallest absolute Gasteiger partial charge is 0.228 e. The van der Waals surface area contributed by atoms with Crippen LogP contribution in [0.25, 0.3) is 10.9 Å². The zero-order valence-electron chi connectivity index (χ0n) is 17.0. The molecule has 4 rings (SSSR count). The van der Waals surface area contributed by atoms with Crippen LogP contribution < -0.4 is 5.32 Å². The van der Waals surface area contributed by atoms with E-state index in [1.807, 2.05) is 0 Å². The van der Waals surface area contributed by atoms with E-state index in [0.29, 0.717) is 33.7 Å². The summed E-state index contributed by atoms with van der Waals surface area (Å²) in [5.41, 5.74) is 2.22. The highest BCUT2D eigenvalue weighted by Gasteiger charge is 2.18. The molecule has 32 heavy (non-hydrogen) atoms. The fraction of sp³-hybridized carbons (Fsp3) is 0.130. The first-order valence-corrected chi connectivity index (χ1v) is 11.9. The fourth-order valence-corrected chi connectivity index (χ4v) is 4.50. The topological polar surface area (TPSA) is 81.1 Å². The van der Waals surface area contributed by atoms with E-state index in [1.165, 1.54) is 18.2 Å². The van der Waals surface area contributed by atoms with Gasteiger partial charge in [0.05, 0.1) is 23.4 Å². The van der Waals surface area contributed by atoms with Crippen LogP contribution in [0.15, 0.2) is 71.8 Å². The second-order valence-electron chi connectivity index (χ2n) is 7.45. The number of nitrogens with one attached hydrogen (secondary N) is 1. The molecule has 1 heterocycles. The zero-order valence-corrected chi connectivity index (χ0v) is 18.6. The molecular weight excluding hydrogens is 453 g/mol. The predicted octanol–water partition coefficient (Wildman–Crippen LogP) is 4.46. The minimum Gasteiger partial charge on any atom is -0.326 e. The monoisotopic (exact) mass is 471 g/mol. The summed E-state index contributed by atoms with van der Waals surface area (Å²) in [6.07, 6.45) is 2.78. The maximum absolute atomic E-state index is 13.2. The average molecular weight is 472 g/mol. The van der Waals surface area contributed by atoms with Crippen LogP contribution in [-0.2, 0) is 27.6 Å². The molecule has 0 aliphatic rings. The van der Waals surface area contributed by atoms with Crippen molar-refractivity contribution in [2.24, 2.45) is 0 Å². The van der Waals surface area contributed by atoms with E-state index in [0.717, 1.165) is 11.8 Å². The minimum absolute atomic E-state index is 0.0466. The van der Waals surface area contributed by atoms with Crippen LogP contribution in [0.1, 0.15) is 11.1 Å². The third-order valence-electron chi connectivity index (χ3n) is 4.88. The Morgan fingerprint density at radius 1 is 1.12 bits per heavy atom. The number of anilines is 1. The molecule has 3 aromatic carbocycles. The van der Waals surface area contributed by atoms with Gasteiger partial charge >= 0.3 is 0 Å². The number of hydrogen-bond acceptors (Lipinski definition) is 4. The summed E-state index contributed by atoms with van der Waals surface area (Å²) in [6.45, 7) is 0.340. The second-order valence-corrected chi connectivity index (χ2v) is 9.84. The summed E-state index contributed by atoms with van der Waals surface area (Å²) in [4.78, 5) is 12.6. The maximum Gasteiger partial charge on any atom is 0.228 e. The highest BCUT2D eigenvalue weighted by Crippen LogP contribution is 2.28. The van der Waals surface area contributed by atoms with E-state index in [9.17, 15) is 17.6 Å². The molecule has 0 radical (unpaired) electrons. The molecule has 1 aromatic heterocycles. The summed E-state index contributed by atoms with van der Waals surface area (Å²) >= 11 is 6.12. The first-order valence-electron chi connectivity index (χ1n) is 9.68. The zero-order chi connectivity index (χ0) is 22.9. The lowest BCUT2D eigenvalue weighted by molar-refractivity contribution is -0.115. The fourth-order valence-electron chi connectivity index (χ4n) is 3.40. The van der Waals surface area contributed by atoms with E-state index in [-0.39, 0.29) is 23.0 Å².